The van der Waals surface area contributed by atoms with Crippen molar-refractivity contribution < 1.29 is 22.4 Å². The number of carbonyl (C=O) groups is 2. The van der Waals surface area contributed by atoms with Crippen LogP contribution < -0.4 is 10.2 Å². The van der Waals surface area contributed by atoms with E-state index in [1.165, 1.54) is 58.7 Å². The van der Waals surface area contributed by atoms with Gasteiger partial charge < -0.3 is 10.2 Å². The molecule has 1 unspecified atom stereocenters. The van der Waals surface area contributed by atoms with Crippen molar-refractivity contribution >= 4 is 44.8 Å². The topological polar surface area (TPSA) is 86.8 Å². The standard InChI is InChI=1S/C25H23ClFN3O4S/c1-29(15-17-5-3-2-4-6-17)35(33,34)21-10-7-19(8-11-21)28-25(32)18-13-24(31)30(16-18)20-9-12-23(27)22(26)14-20/h2-12,14,18H,13,15-16H2,1H3,(H,28,32). The molecule has 35 heavy (non-hydrogen) atoms. The average molecular weight is 516 g/mol. The van der Waals surface area contributed by atoms with Crippen molar-refractivity contribution in [1.82, 2.24) is 4.31 Å². The summed E-state index contributed by atoms with van der Waals surface area (Å²) in [4.78, 5) is 26.7. The third-order valence-electron chi connectivity index (χ3n) is 5.79. The maximum Gasteiger partial charge on any atom is 0.243 e. The molecule has 182 valence electrons. The van der Waals surface area contributed by atoms with E-state index in [9.17, 15) is 22.4 Å². The minimum absolute atomic E-state index is 0.00241. The van der Waals surface area contributed by atoms with Gasteiger partial charge in [-0.25, -0.2) is 12.8 Å². The lowest BCUT2D eigenvalue weighted by atomic mass is 10.1. The van der Waals surface area contributed by atoms with Crippen LogP contribution in [-0.2, 0) is 26.2 Å². The van der Waals surface area contributed by atoms with Gasteiger partial charge in [0.15, 0.2) is 0 Å². The van der Waals surface area contributed by atoms with Crippen molar-refractivity contribution in [2.45, 2.75) is 17.9 Å². The molecule has 1 atom stereocenters. The normalized spacial score (nSPS) is 16.1. The lowest BCUT2D eigenvalue weighted by Crippen LogP contribution is -2.28. The van der Waals surface area contributed by atoms with E-state index in [1.807, 2.05) is 30.3 Å². The Bertz CT molecular complexity index is 1350. The highest BCUT2D eigenvalue weighted by Crippen LogP contribution is 2.29. The molecule has 0 spiro atoms. The summed E-state index contributed by atoms with van der Waals surface area (Å²) in [6.07, 6.45) is -0.00241. The molecule has 1 aliphatic heterocycles. The molecule has 4 rings (SSSR count). The quantitative estimate of drug-likeness (QED) is 0.508. The van der Waals surface area contributed by atoms with Crippen molar-refractivity contribution in [2.75, 3.05) is 23.8 Å². The van der Waals surface area contributed by atoms with Crippen LogP contribution in [0.4, 0.5) is 15.8 Å². The van der Waals surface area contributed by atoms with Crippen molar-refractivity contribution in [2.24, 2.45) is 5.92 Å². The second-order valence-corrected chi connectivity index (χ2v) is 10.7. The predicted molar refractivity (Wildman–Crippen MR) is 132 cm³/mol. The number of hydrogen-bond donors (Lipinski definition) is 1. The van der Waals surface area contributed by atoms with Gasteiger partial charge in [0.05, 0.1) is 15.8 Å². The Labute approximate surface area is 208 Å². The van der Waals surface area contributed by atoms with Gasteiger partial charge in [-0.3, -0.25) is 9.59 Å². The van der Waals surface area contributed by atoms with E-state index in [-0.39, 0.29) is 41.2 Å². The summed E-state index contributed by atoms with van der Waals surface area (Å²) in [5, 5.41) is 2.63. The summed E-state index contributed by atoms with van der Waals surface area (Å²) in [5.74, 6) is -1.85. The fourth-order valence-corrected chi connectivity index (χ4v) is 5.18. The Balaban J connectivity index is 1.39. The number of carbonyl (C=O) groups excluding carboxylic acids is 2. The number of hydrogen-bond acceptors (Lipinski definition) is 4. The predicted octanol–water partition coefficient (Wildman–Crippen LogP) is 4.29. The Hall–Kier alpha value is -3.27. The van der Waals surface area contributed by atoms with Gasteiger partial charge in [0.25, 0.3) is 0 Å². The molecule has 1 aliphatic rings. The Morgan fingerprint density at radius 3 is 2.46 bits per heavy atom. The minimum Gasteiger partial charge on any atom is -0.326 e. The number of halogens is 2. The van der Waals surface area contributed by atoms with Crippen LogP contribution >= 0.6 is 11.6 Å². The molecule has 1 saturated heterocycles. The van der Waals surface area contributed by atoms with Crippen LogP contribution in [0.2, 0.25) is 5.02 Å². The molecule has 0 bridgehead atoms. The largest absolute Gasteiger partial charge is 0.326 e. The molecule has 3 aromatic carbocycles. The minimum atomic E-state index is -3.72. The highest BCUT2D eigenvalue weighted by molar-refractivity contribution is 7.89. The van der Waals surface area contributed by atoms with Crippen LogP contribution in [-0.4, -0.2) is 38.1 Å². The number of benzene rings is 3. The molecular formula is C25H23ClFN3O4S. The lowest BCUT2D eigenvalue weighted by molar-refractivity contribution is -0.122. The number of rotatable bonds is 7. The van der Waals surface area contributed by atoms with E-state index in [0.717, 1.165) is 5.56 Å². The van der Waals surface area contributed by atoms with Gasteiger partial charge in [-0.15, -0.1) is 0 Å². The number of nitrogens with one attached hydrogen (secondary N) is 1. The van der Waals surface area contributed by atoms with Gasteiger partial charge in [-0.2, -0.15) is 4.31 Å². The zero-order valence-electron chi connectivity index (χ0n) is 18.8. The molecule has 0 aliphatic carbocycles. The van der Waals surface area contributed by atoms with Crippen LogP contribution in [0.3, 0.4) is 0 Å². The average Bonchev–Trinajstić information content (AvgIpc) is 3.23. The molecule has 0 radical (unpaired) electrons. The Morgan fingerprint density at radius 1 is 1.11 bits per heavy atom. The van der Waals surface area contributed by atoms with Crippen LogP contribution in [0.1, 0.15) is 12.0 Å². The summed E-state index contributed by atoms with van der Waals surface area (Å²) in [5.41, 5.74) is 1.70. The fraction of sp³-hybridized carbons (Fsp3) is 0.200. The first-order chi connectivity index (χ1) is 16.6. The maximum atomic E-state index is 13.4. The van der Waals surface area contributed by atoms with Gasteiger partial charge >= 0.3 is 0 Å². The van der Waals surface area contributed by atoms with E-state index in [2.05, 4.69) is 5.32 Å². The van der Waals surface area contributed by atoms with Crippen molar-refractivity contribution in [1.29, 1.82) is 0 Å². The smallest absolute Gasteiger partial charge is 0.243 e. The first-order valence-corrected chi connectivity index (χ1v) is 12.6. The second-order valence-electron chi connectivity index (χ2n) is 8.26. The molecule has 2 amide bonds. The molecule has 0 aromatic heterocycles. The molecule has 3 aromatic rings. The van der Waals surface area contributed by atoms with Gasteiger partial charge in [0, 0.05) is 37.9 Å². The van der Waals surface area contributed by atoms with Crippen LogP contribution in [0, 0.1) is 11.7 Å². The SMILES string of the molecule is CN(Cc1ccccc1)S(=O)(=O)c1ccc(NC(=O)C2CC(=O)N(c3ccc(F)c(Cl)c3)C2)cc1. The third kappa shape index (κ3) is 5.53. The summed E-state index contributed by atoms with van der Waals surface area (Å²) < 4.78 is 40.5. The van der Waals surface area contributed by atoms with E-state index >= 15 is 0 Å². The van der Waals surface area contributed by atoms with E-state index in [1.54, 1.807) is 0 Å². The third-order valence-corrected chi connectivity index (χ3v) is 7.90. The van der Waals surface area contributed by atoms with Crippen LogP contribution in [0.25, 0.3) is 0 Å². The first kappa shape index (κ1) is 24.8. The first-order valence-electron chi connectivity index (χ1n) is 10.8. The zero-order chi connectivity index (χ0) is 25.2. The van der Waals surface area contributed by atoms with Crippen molar-refractivity contribution in [3.8, 4) is 0 Å². The Morgan fingerprint density at radius 2 is 1.80 bits per heavy atom. The Kier molecular flexibility index (Phi) is 7.20. The lowest BCUT2D eigenvalue weighted by Gasteiger charge is -2.18. The molecule has 7 nitrogen and oxygen atoms in total. The summed E-state index contributed by atoms with van der Waals surface area (Å²) in [6, 6.07) is 19.1. The molecule has 1 fully saturated rings. The summed E-state index contributed by atoms with van der Waals surface area (Å²) in [7, 11) is -2.21. The van der Waals surface area contributed by atoms with Crippen LogP contribution in [0.5, 0.6) is 0 Å². The molecule has 1 N–H and O–H groups in total. The van der Waals surface area contributed by atoms with Crippen molar-refractivity contribution in [3.05, 3.63) is 89.2 Å². The van der Waals surface area contributed by atoms with Gasteiger partial charge in [0.2, 0.25) is 21.8 Å². The summed E-state index contributed by atoms with van der Waals surface area (Å²) >= 11 is 5.81. The van der Waals surface area contributed by atoms with E-state index in [0.29, 0.717) is 11.4 Å². The molecule has 10 heteroatoms. The molecular weight excluding hydrogens is 493 g/mol. The van der Waals surface area contributed by atoms with Gasteiger partial charge in [-0.1, -0.05) is 41.9 Å². The molecule has 1 heterocycles. The second kappa shape index (κ2) is 10.2. The summed E-state index contributed by atoms with van der Waals surface area (Å²) in [6.45, 7) is 0.358. The van der Waals surface area contributed by atoms with E-state index in [4.69, 9.17) is 11.6 Å². The highest BCUT2D eigenvalue weighted by atomic mass is 35.5. The van der Waals surface area contributed by atoms with Gasteiger partial charge in [-0.05, 0) is 48.0 Å². The number of amides is 2. The van der Waals surface area contributed by atoms with Crippen LogP contribution in [0.15, 0.2) is 77.7 Å². The number of nitrogens with zero attached hydrogens (tertiary/aromatic N) is 2. The molecule has 0 saturated carbocycles. The monoisotopic (exact) mass is 515 g/mol. The van der Waals surface area contributed by atoms with Gasteiger partial charge in [0.1, 0.15) is 5.82 Å². The number of sulfonamides is 1. The van der Waals surface area contributed by atoms with E-state index < -0.39 is 21.8 Å². The maximum absolute atomic E-state index is 13.4. The zero-order valence-corrected chi connectivity index (χ0v) is 20.4. The fourth-order valence-electron chi connectivity index (χ4n) is 3.85. The highest BCUT2D eigenvalue weighted by Gasteiger charge is 2.35. The van der Waals surface area contributed by atoms with Crippen molar-refractivity contribution in [3.63, 3.8) is 0 Å². The number of anilines is 2.